The zero-order chi connectivity index (χ0) is 17.7. The number of carbonyl (C=O) groups excluding carboxylic acids is 1. The summed E-state index contributed by atoms with van der Waals surface area (Å²) in [5.41, 5.74) is 3.22. The summed E-state index contributed by atoms with van der Waals surface area (Å²) < 4.78 is 5.02. The largest absolute Gasteiger partial charge is 0.504 e. The molecule has 1 amide bonds. The lowest BCUT2D eigenvalue weighted by Gasteiger charge is -2.10. The molecule has 0 saturated carbocycles. The molecule has 0 atom stereocenters. The van der Waals surface area contributed by atoms with Crippen molar-refractivity contribution in [2.45, 2.75) is 13.8 Å². The van der Waals surface area contributed by atoms with Crippen LogP contribution in [0.2, 0.25) is 0 Å². The number of nitrogens with zero attached hydrogens (tertiary/aromatic N) is 1. The fraction of sp³-hybridized carbons (Fsp3) is 0.158. The Balaban J connectivity index is 2.29. The first kappa shape index (κ1) is 17.1. The second-order valence-electron chi connectivity index (χ2n) is 5.30. The van der Waals surface area contributed by atoms with Gasteiger partial charge in [-0.1, -0.05) is 18.2 Å². The number of carbonyl (C=O) groups is 1. The van der Waals surface area contributed by atoms with Gasteiger partial charge in [-0.05, 0) is 54.8 Å². The van der Waals surface area contributed by atoms with Gasteiger partial charge in [0, 0.05) is 5.69 Å². The number of nitrogens with one attached hydrogen (secondary N) is 1. The van der Waals surface area contributed by atoms with E-state index >= 15 is 0 Å². The van der Waals surface area contributed by atoms with Crippen LogP contribution in [0, 0.1) is 25.2 Å². The molecule has 0 heterocycles. The Labute approximate surface area is 140 Å². The minimum absolute atomic E-state index is 0.00649. The zero-order valence-electron chi connectivity index (χ0n) is 13.8. The molecule has 0 aromatic heterocycles. The van der Waals surface area contributed by atoms with Crippen LogP contribution in [-0.2, 0) is 4.79 Å². The summed E-state index contributed by atoms with van der Waals surface area (Å²) in [4.78, 5) is 12.4. The van der Waals surface area contributed by atoms with E-state index in [1.54, 1.807) is 18.2 Å². The number of rotatable bonds is 4. The van der Waals surface area contributed by atoms with E-state index in [1.165, 1.54) is 19.3 Å². The lowest BCUT2D eigenvalue weighted by molar-refractivity contribution is -0.112. The van der Waals surface area contributed by atoms with Crippen LogP contribution in [-0.4, -0.2) is 18.1 Å². The van der Waals surface area contributed by atoms with Crippen LogP contribution in [0.3, 0.4) is 0 Å². The SMILES string of the molecule is COc1cc(C=C(C#N)C(=O)Nc2cccc(C)c2C)ccc1O. The Morgan fingerprint density at radius 1 is 1.29 bits per heavy atom. The second-order valence-corrected chi connectivity index (χ2v) is 5.30. The summed E-state index contributed by atoms with van der Waals surface area (Å²) in [7, 11) is 1.43. The smallest absolute Gasteiger partial charge is 0.266 e. The van der Waals surface area contributed by atoms with Gasteiger partial charge >= 0.3 is 0 Å². The lowest BCUT2D eigenvalue weighted by Crippen LogP contribution is -2.14. The fourth-order valence-electron chi connectivity index (χ4n) is 2.18. The normalized spacial score (nSPS) is 10.8. The van der Waals surface area contributed by atoms with Crippen molar-refractivity contribution in [2.75, 3.05) is 12.4 Å². The van der Waals surface area contributed by atoms with Crippen molar-refractivity contribution in [3.63, 3.8) is 0 Å². The van der Waals surface area contributed by atoms with Gasteiger partial charge < -0.3 is 15.2 Å². The van der Waals surface area contributed by atoms with Gasteiger partial charge in [-0.2, -0.15) is 5.26 Å². The molecule has 2 aromatic carbocycles. The van der Waals surface area contributed by atoms with Crippen molar-refractivity contribution in [1.82, 2.24) is 0 Å². The molecule has 0 unspecified atom stereocenters. The molecular weight excluding hydrogens is 304 g/mol. The van der Waals surface area contributed by atoms with E-state index in [0.29, 0.717) is 11.3 Å². The second kappa shape index (κ2) is 7.34. The number of phenolic OH excluding ortho intramolecular Hbond substituents is 1. The first-order valence-corrected chi connectivity index (χ1v) is 7.32. The zero-order valence-corrected chi connectivity index (χ0v) is 13.8. The summed E-state index contributed by atoms with van der Waals surface area (Å²) in [5.74, 6) is -0.220. The van der Waals surface area contributed by atoms with E-state index in [-0.39, 0.29) is 17.1 Å². The van der Waals surface area contributed by atoms with Crippen LogP contribution in [0.25, 0.3) is 6.08 Å². The highest BCUT2D eigenvalue weighted by Crippen LogP contribution is 2.27. The number of hydrogen-bond donors (Lipinski definition) is 2. The van der Waals surface area contributed by atoms with Crippen LogP contribution in [0.1, 0.15) is 16.7 Å². The number of aromatic hydroxyl groups is 1. The third-order valence-corrected chi connectivity index (χ3v) is 3.73. The van der Waals surface area contributed by atoms with Crippen LogP contribution in [0.15, 0.2) is 42.0 Å². The number of benzene rings is 2. The van der Waals surface area contributed by atoms with Crippen molar-refractivity contribution in [3.05, 3.63) is 58.7 Å². The molecule has 122 valence electrons. The topological polar surface area (TPSA) is 82.3 Å². The standard InChI is InChI=1S/C19H18N2O3/c1-12-5-4-6-16(13(12)2)21-19(23)15(11-20)9-14-7-8-17(22)18(10-14)24-3/h4-10,22H,1-3H3,(H,21,23). The Morgan fingerprint density at radius 2 is 2.04 bits per heavy atom. The monoisotopic (exact) mass is 322 g/mol. The lowest BCUT2D eigenvalue weighted by atomic mass is 10.1. The van der Waals surface area contributed by atoms with E-state index < -0.39 is 5.91 Å². The number of methoxy groups -OCH3 is 1. The van der Waals surface area contributed by atoms with Gasteiger partial charge in [0.15, 0.2) is 11.5 Å². The quantitative estimate of drug-likeness (QED) is 0.666. The van der Waals surface area contributed by atoms with Crippen molar-refractivity contribution in [3.8, 4) is 17.6 Å². The van der Waals surface area contributed by atoms with Gasteiger partial charge in [0.2, 0.25) is 0 Å². The third-order valence-electron chi connectivity index (χ3n) is 3.73. The molecule has 2 rings (SSSR count). The number of hydrogen-bond acceptors (Lipinski definition) is 4. The molecule has 2 aromatic rings. The molecular formula is C19H18N2O3. The Morgan fingerprint density at radius 3 is 2.71 bits per heavy atom. The predicted molar refractivity (Wildman–Crippen MR) is 92.8 cm³/mol. The average Bonchev–Trinajstić information content (AvgIpc) is 2.58. The van der Waals surface area contributed by atoms with E-state index in [9.17, 15) is 15.2 Å². The van der Waals surface area contributed by atoms with E-state index in [2.05, 4.69) is 5.32 Å². The molecule has 0 radical (unpaired) electrons. The van der Waals surface area contributed by atoms with Crippen LogP contribution >= 0.6 is 0 Å². The Kier molecular flexibility index (Phi) is 5.23. The van der Waals surface area contributed by atoms with Gasteiger partial charge in [0.1, 0.15) is 11.6 Å². The fourth-order valence-corrected chi connectivity index (χ4v) is 2.18. The van der Waals surface area contributed by atoms with Gasteiger partial charge in [0.05, 0.1) is 7.11 Å². The molecule has 0 bridgehead atoms. The first-order chi connectivity index (χ1) is 11.5. The number of anilines is 1. The maximum atomic E-state index is 12.4. The maximum Gasteiger partial charge on any atom is 0.266 e. The van der Waals surface area contributed by atoms with Crippen LogP contribution in [0.5, 0.6) is 11.5 Å². The molecule has 0 aliphatic rings. The Bertz CT molecular complexity index is 848. The van der Waals surface area contributed by atoms with Crippen LogP contribution in [0.4, 0.5) is 5.69 Å². The Hall–Kier alpha value is -3.26. The minimum atomic E-state index is -0.488. The molecule has 0 aliphatic heterocycles. The van der Waals surface area contributed by atoms with Crippen molar-refractivity contribution < 1.29 is 14.6 Å². The molecule has 24 heavy (non-hydrogen) atoms. The minimum Gasteiger partial charge on any atom is -0.504 e. The highest BCUT2D eigenvalue weighted by molar-refractivity contribution is 6.10. The first-order valence-electron chi connectivity index (χ1n) is 7.32. The predicted octanol–water partition coefficient (Wildman–Crippen LogP) is 3.56. The maximum absolute atomic E-state index is 12.4. The van der Waals surface area contributed by atoms with Crippen molar-refractivity contribution in [1.29, 1.82) is 5.26 Å². The highest BCUT2D eigenvalue weighted by atomic mass is 16.5. The molecule has 0 aliphatic carbocycles. The van der Waals surface area contributed by atoms with Gasteiger partial charge in [-0.3, -0.25) is 4.79 Å². The number of nitriles is 1. The van der Waals surface area contributed by atoms with E-state index in [4.69, 9.17) is 4.74 Å². The third kappa shape index (κ3) is 3.73. The molecule has 0 fully saturated rings. The number of amides is 1. The molecule has 0 saturated heterocycles. The molecule has 0 spiro atoms. The van der Waals surface area contributed by atoms with Gasteiger partial charge in [-0.15, -0.1) is 0 Å². The average molecular weight is 322 g/mol. The van der Waals surface area contributed by atoms with Crippen molar-refractivity contribution >= 4 is 17.7 Å². The summed E-state index contributed by atoms with van der Waals surface area (Å²) >= 11 is 0. The van der Waals surface area contributed by atoms with Crippen LogP contribution < -0.4 is 10.1 Å². The van der Waals surface area contributed by atoms with Crippen molar-refractivity contribution in [2.24, 2.45) is 0 Å². The van der Waals surface area contributed by atoms with Gasteiger partial charge in [-0.25, -0.2) is 0 Å². The van der Waals surface area contributed by atoms with Gasteiger partial charge in [0.25, 0.3) is 5.91 Å². The number of ether oxygens (including phenoxy) is 1. The molecule has 5 nitrogen and oxygen atoms in total. The van der Waals surface area contributed by atoms with E-state index in [1.807, 2.05) is 32.0 Å². The number of aryl methyl sites for hydroxylation is 1. The number of phenols is 1. The van der Waals surface area contributed by atoms with E-state index in [0.717, 1.165) is 11.1 Å². The summed E-state index contributed by atoms with van der Waals surface area (Å²) in [6, 6.07) is 12.1. The molecule has 5 heteroatoms. The highest BCUT2D eigenvalue weighted by Gasteiger charge is 2.12. The molecule has 2 N–H and O–H groups in total. The summed E-state index contributed by atoms with van der Waals surface area (Å²) in [5, 5.41) is 21.6. The summed E-state index contributed by atoms with van der Waals surface area (Å²) in [6.45, 7) is 3.86. The summed E-state index contributed by atoms with van der Waals surface area (Å²) in [6.07, 6.45) is 1.45.